The molecule has 3 N–H and O–H groups in total. The van der Waals surface area contributed by atoms with Crippen LogP contribution in [0.1, 0.15) is 13.3 Å². The second-order valence-corrected chi connectivity index (χ2v) is 2.73. The van der Waals surface area contributed by atoms with E-state index in [1.807, 2.05) is 0 Å². The number of nitrogens with zero attached hydrogens (tertiary/aromatic N) is 3. The van der Waals surface area contributed by atoms with E-state index in [2.05, 4.69) is 37.8 Å². The number of rotatable bonds is 5. The highest BCUT2D eigenvalue weighted by Gasteiger charge is 2.02. The number of anilines is 3. The Morgan fingerprint density at radius 1 is 0.929 bits per heavy atom. The summed E-state index contributed by atoms with van der Waals surface area (Å²) >= 11 is 0. The molecule has 0 fully saturated rings. The Balaban J connectivity index is 2.81. The summed E-state index contributed by atoms with van der Waals surface area (Å²) in [7, 11) is 3.55. The van der Waals surface area contributed by atoms with Crippen molar-refractivity contribution in [3.63, 3.8) is 0 Å². The number of hydrogen-bond acceptors (Lipinski definition) is 6. The molecule has 0 saturated heterocycles. The van der Waals surface area contributed by atoms with E-state index in [0.717, 1.165) is 13.0 Å². The van der Waals surface area contributed by atoms with E-state index in [0.29, 0.717) is 17.8 Å². The van der Waals surface area contributed by atoms with Gasteiger partial charge in [0.25, 0.3) is 0 Å². The first kappa shape index (κ1) is 10.5. The van der Waals surface area contributed by atoms with Gasteiger partial charge in [-0.1, -0.05) is 6.92 Å². The third-order valence-corrected chi connectivity index (χ3v) is 1.62. The molecule has 6 heteroatoms. The van der Waals surface area contributed by atoms with Gasteiger partial charge in [0.1, 0.15) is 0 Å². The van der Waals surface area contributed by atoms with Gasteiger partial charge >= 0.3 is 0 Å². The molecule has 0 saturated carbocycles. The first-order chi connectivity index (χ1) is 6.80. The van der Waals surface area contributed by atoms with Crippen LogP contribution in [0.4, 0.5) is 17.8 Å². The molecule has 1 heterocycles. The van der Waals surface area contributed by atoms with E-state index in [4.69, 9.17) is 0 Å². The van der Waals surface area contributed by atoms with Gasteiger partial charge in [0, 0.05) is 20.6 Å². The predicted molar refractivity (Wildman–Crippen MR) is 57.7 cm³/mol. The lowest BCUT2D eigenvalue weighted by Crippen LogP contribution is -2.09. The number of aromatic nitrogens is 3. The Bertz CT molecular complexity index is 265. The highest BCUT2D eigenvalue weighted by molar-refractivity contribution is 5.41. The van der Waals surface area contributed by atoms with E-state index in [1.54, 1.807) is 14.1 Å². The molecular weight excluding hydrogens is 180 g/mol. The van der Waals surface area contributed by atoms with Crippen molar-refractivity contribution in [1.82, 2.24) is 15.0 Å². The fourth-order valence-corrected chi connectivity index (χ4v) is 0.915. The monoisotopic (exact) mass is 196 g/mol. The molecule has 14 heavy (non-hydrogen) atoms. The van der Waals surface area contributed by atoms with Crippen LogP contribution in [-0.2, 0) is 0 Å². The number of nitrogens with one attached hydrogen (secondary N) is 3. The first-order valence-electron chi connectivity index (χ1n) is 4.65. The zero-order valence-corrected chi connectivity index (χ0v) is 8.76. The Morgan fingerprint density at radius 2 is 1.43 bits per heavy atom. The minimum Gasteiger partial charge on any atom is -0.357 e. The molecule has 1 aromatic heterocycles. The van der Waals surface area contributed by atoms with Crippen molar-refractivity contribution in [1.29, 1.82) is 0 Å². The summed E-state index contributed by atoms with van der Waals surface area (Å²) in [6.07, 6.45) is 1.04. The van der Waals surface area contributed by atoms with Crippen LogP contribution in [-0.4, -0.2) is 35.6 Å². The lowest BCUT2D eigenvalue weighted by atomic mass is 10.5. The van der Waals surface area contributed by atoms with Gasteiger partial charge < -0.3 is 16.0 Å². The fraction of sp³-hybridized carbons (Fsp3) is 0.625. The van der Waals surface area contributed by atoms with Crippen molar-refractivity contribution in [3.05, 3.63) is 0 Å². The predicted octanol–water partition coefficient (Wildman–Crippen LogP) is 0.777. The smallest absolute Gasteiger partial charge is 0.229 e. The van der Waals surface area contributed by atoms with E-state index in [-0.39, 0.29) is 0 Å². The average molecular weight is 196 g/mol. The van der Waals surface area contributed by atoms with E-state index < -0.39 is 0 Å². The van der Waals surface area contributed by atoms with Gasteiger partial charge in [-0.05, 0) is 6.42 Å². The molecule has 0 unspecified atom stereocenters. The van der Waals surface area contributed by atoms with Gasteiger partial charge in [0.05, 0.1) is 0 Å². The Labute approximate surface area is 83.6 Å². The fourth-order valence-electron chi connectivity index (χ4n) is 0.915. The summed E-state index contributed by atoms with van der Waals surface area (Å²) in [6, 6.07) is 0. The molecule has 0 bridgehead atoms. The molecule has 0 amide bonds. The molecule has 0 aromatic carbocycles. The first-order valence-corrected chi connectivity index (χ1v) is 4.65. The van der Waals surface area contributed by atoms with Crippen LogP contribution in [0.15, 0.2) is 0 Å². The maximum atomic E-state index is 4.15. The Morgan fingerprint density at radius 3 is 1.86 bits per heavy atom. The van der Waals surface area contributed by atoms with Crippen molar-refractivity contribution in [2.45, 2.75) is 13.3 Å². The van der Waals surface area contributed by atoms with E-state index in [1.165, 1.54) is 0 Å². The van der Waals surface area contributed by atoms with E-state index in [9.17, 15) is 0 Å². The van der Waals surface area contributed by atoms with Gasteiger partial charge in [0.2, 0.25) is 17.8 Å². The van der Waals surface area contributed by atoms with Gasteiger partial charge in [-0.2, -0.15) is 15.0 Å². The summed E-state index contributed by atoms with van der Waals surface area (Å²) in [5.74, 6) is 1.71. The molecule has 1 aromatic rings. The molecule has 1 rings (SSSR count). The maximum absolute atomic E-state index is 4.15. The van der Waals surface area contributed by atoms with Gasteiger partial charge in [-0.15, -0.1) is 0 Å². The molecule has 78 valence electrons. The molecule has 0 radical (unpaired) electrons. The lowest BCUT2D eigenvalue weighted by Gasteiger charge is -2.06. The second-order valence-electron chi connectivity index (χ2n) is 2.73. The van der Waals surface area contributed by atoms with Crippen molar-refractivity contribution >= 4 is 17.8 Å². The lowest BCUT2D eigenvalue weighted by molar-refractivity contribution is 0.940. The highest BCUT2D eigenvalue weighted by Crippen LogP contribution is 2.07. The van der Waals surface area contributed by atoms with Crippen molar-refractivity contribution in [3.8, 4) is 0 Å². The average Bonchev–Trinajstić information content (AvgIpc) is 2.25. The molecule has 0 aliphatic rings. The zero-order valence-electron chi connectivity index (χ0n) is 8.76. The van der Waals surface area contributed by atoms with Crippen LogP contribution >= 0.6 is 0 Å². The molecule has 0 spiro atoms. The van der Waals surface area contributed by atoms with Crippen LogP contribution < -0.4 is 16.0 Å². The second kappa shape index (κ2) is 5.21. The summed E-state index contributed by atoms with van der Waals surface area (Å²) in [5, 5.41) is 8.85. The van der Waals surface area contributed by atoms with Gasteiger partial charge in [0.15, 0.2) is 0 Å². The topological polar surface area (TPSA) is 74.8 Å². The molecule has 6 nitrogen and oxygen atoms in total. The molecule has 0 atom stereocenters. The summed E-state index contributed by atoms with van der Waals surface area (Å²) < 4.78 is 0. The maximum Gasteiger partial charge on any atom is 0.229 e. The third kappa shape index (κ3) is 2.72. The van der Waals surface area contributed by atoms with Gasteiger partial charge in [-0.3, -0.25) is 0 Å². The molecule has 0 aliphatic carbocycles. The summed E-state index contributed by atoms with van der Waals surface area (Å²) in [5.41, 5.74) is 0. The Kier molecular flexibility index (Phi) is 3.90. The normalized spacial score (nSPS) is 9.64. The number of hydrogen-bond donors (Lipinski definition) is 3. The minimum absolute atomic E-state index is 0.558. The highest BCUT2D eigenvalue weighted by atomic mass is 15.3. The quantitative estimate of drug-likeness (QED) is 0.646. The van der Waals surface area contributed by atoms with Crippen LogP contribution in [0.2, 0.25) is 0 Å². The van der Waals surface area contributed by atoms with Crippen molar-refractivity contribution in [2.75, 3.05) is 36.6 Å². The third-order valence-electron chi connectivity index (χ3n) is 1.62. The Hall–Kier alpha value is -1.59. The van der Waals surface area contributed by atoms with Crippen LogP contribution in [0, 0.1) is 0 Å². The van der Waals surface area contributed by atoms with Crippen LogP contribution in [0.3, 0.4) is 0 Å². The standard InChI is InChI=1S/C8H16N6/c1-4-5-11-8-13-6(9-2)12-7(10-3)14-8/h4-5H2,1-3H3,(H3,9,10,11,12,13,14). The minimum atomic E-state index is 0.558. The molecule has 0 aliphatic heterocycles. The SMILES string of the molecule is CCCNc1nc(NC)nc(NC)n1. The van der Waals surface area contributed by atoms with Crippen LogP contribution in [0.5, 0.6) is 0 Å². The zero-order chi connectivity index (χ0) is 10.4. The largest absolute Gasteiger partial charge is 0.357 e. The van der Waals surface area contributed by atoms with Crippen LogP contribution in [0.25, 0.3) is 0 Å². The van der Waals surface area contributed by atoms with Gasteiger partial charge in [-0.25, -0.2) is 0 Å². The summed E-state index contributed by atoms with van der Waals surface area (Å²) in [4.78, 5) is 12.4. The van der Waals surface area contributed by atoms with E-state index >= 15 is 0 Å². The molecular formula is C8H16N6. The van der Waals surface area contributed by atoms with Crippen molar-refractivity contribution in [2.24, 2.45) is 0 Å². The summed E-state index contributed by atoms with van der Waals surface area (Å²) in [6.45, 7) is 2.95. The van der Waals surface area contributed by atoms with Crippen molar-refractivity contribution < 1.29 is 0 Å².